The van der Waals surface area contributed by atoms with Gasteiger partial charge in [-0.1, -0.05) is 72.8 Å². The number of pyridine rings is 1. The van der Waals surface area contributed by atoms with E-state index in [4.69, 9.17) is 9.72 Å². The molecule has 246 valence electrons. The molecule has 0 radical (unpaired) electrons. The smallest absolute Gasteiger partial charge is 0.0692 e. The minimum Gasteiger partial charge on any atom is -0.509 e. The zero-order chi connectivity index (χ0) is 32.8. The normalized spacial score (nSPS) is 13.9. The van der Waals surface area contributed by atoms with E-state index < -0.39 is 5.41 Å². The molecule has 0 spiro atoms. The van der Waals surface area contributed by atoms with Crippen molar-refractivity contribution in [2.24, 2.45) is 0 Å². The number of ether oxygens (including phenoxy) is 1. The third kappa shape index (κ3) is 5.09. The number of fused-ring (bicyclic) bond motifs is 3. The molecule has 0 saturated carbocycles. The fourth-order valence-corrected chi connectivity index (χ4v) is 7.33. The van der Waals surface area contributed by atoms with E-state index in [9.17, 15) is 0 Å². The van der Waals surface area contributed by atoms with Gasteiger partial charge in [-0.15, -0.1) is 41.6 Å². The molecule has 0 N–H and O–H groups in total. The third-order valence-corrected chi connectivity index (χ3v) is 9.38. The maximum atomic E-state index is 6.58. The van der Waals surface area contributed by atoms with Gasteiger partial charge in [0.1, 0.15) is 0 Å². The van der Waals surface area contributed by atoms with E-state index in [1.807, 2.05) is 42.6 Å². The van der Waals surface area contributed by atoms with Crippen molar-refractivity contribution in [3.8, 4) is 11.5 Å². The van der Waals surface area contributed by atoms with Crippen molar-refractivity contribution in [1.82, 2.24) is 4.98 Å². The van der Waals surface area contributed by atoms with Crippen LogP contribution in [-0.4, -0.2) is 12.0 Å². The van der Waals surface area contributed by atoms with Crippen molar-refractivity contribution in [3.63, 3.8) is 0 Å². The molecular weight excluding hydrogens is 796 g/mol. The van der Waals surface area contributed by atoms with Gasteiger partial charge in [0.15, 0.2) is 0 Å². The maximum absolute atomic E-state index is 6.58. The molecule has 0 fully saturated rings. The van der Waals surface area contributed by atoms with E-state index in [0.29, 0.717) is 11.5 Å². The topological polar surface area (TPSA) is 31.8 Å². The van der Waals surface area contributed by atoms with Crippen LogP contribution in [0.25, 0.3) is 0 Å². The van der Waals surface area contributed by atoms with Crippen LogP contribution in [0, 0.1) is 18.8 Å². The summed E-state index contributed by atoms with van der Waals surface area (Å²) >= 11 is 0. The van der Waals surface area contributed by atoms with Crippen LogP contribution in [0.5, 0.6) is 11.5 Å². The molecule has 0 amide bonds. The van der Waals surface area contributed by atoms with Crippen molar-refractivity contribution < 1.29 is 25.8 Å². The molecule has 1 aromatic heterocycles. The Labute approximate surface area is 307 Å². The summed E-state index contributed by atoms with van der Waals surface area (Å²) in [4.78, 5) is 11.6. The zero-order valence-corrected chi connectivity index (χ0v) is 29.5. The summed E-state index contributed by atoms with van der Waals surface area (Å²) in [6, 6.07) is 61.6. The molecular formula is C44H31N4OPt-3. The number of hydrogen-bond donors (Lipinski definition) is 0. The van der Waals surface area contributed by atoms with E-state index in [0.717, 1.165) is 56.5 Å². The summed E-state index contributed by atoms with van der Waals surface area (Å²) in [5, 5.41) is 0. The van der Waals surface area contributed by atoms with Crippen LogP contribution in [0.3, 0.4) is 0 Å². The quantitative estimate of drug-likeness (QED) is 0.156. The summed E-state index contributed by atoms with van der Waals surface area (Å²) in [7, 11) is 2.05. The summed E-state index contributed by atoms with van der Waals surface area (Å²) in [5.74, 6) is 1.21. The molecule has 6 heteroatoms. The van der Waals surface area contributed by atoms with Gasteiger partial charge >= 0.3 is 0 Å². The van der Waals surface area contributed by atoms with Crippen molar-refractivity contribution in [2.45, 2.75) is 5.41 Å². The first kappa shape index (κ1) is 31.6. The molecule has 3 heterocycles. The molecule has 5 nitrogen and oxygen atoms in total. The molecule has 0 bridgehead atoms. The van der Waals surface area contributed by atoms with E-state index in [1.54, 1.807) is 0 Å². The molecule has 0 saturated heterocycles. The monoisotopic (exact) mass is 826 g/mol. The van der Waals surface area contributed by atoms with Crippen molar-refractivity contribution in [1.29, 1.82) is 0 Å². The number of aromatic nitrogens is 1. The summed E-state index contributed by atoms with van der Waals surface area (Å²) in [6.45, 7) is 2.07. The first-order chi connectivity index (χ1) is 24.2. The Morgan fingerprint density at radius 2 is 1.18 bits per heavy atom. The van der Waals surface area contributed by atoms with E-state index in [2.05, 4.69) is 162 Å². The van der Waals surface area contributed by atoms with Crippen molar-refractivity contribution in [2.75, 3.05) is 21.7 Å². The van der Waals surface area contributed by atoms with Gasteiger partial charge in [-0.2, -0.15) is 24.9 Å². The van der Waals surface area contributed by atoms with Crippen LogP contribution in [-0.2, 0) is 26.5 Å². The Kier molecular flexibility index (Phi) is 8.22. The minimum absolute atomic E-state index is 0. The van der Waals surface area contributed by atoms with Crippen molar-refractivity contribution >= 4 is 34.1 Å². The van der Waals surface area contributed by atoms with Crippen LogP contribution >= 0.6 is 0 Å². The van der Waals surface area contributed by atoms with E-state index >= 15 is 0 Å². The zero-order valence-electron chi connectivity index (χ0n) is 27.2. The van der Waals surface area contributed by atoms with Gasteiger partial charge in [0.2, 0.25) is 0 Å². The van der Waals surface area contributed by atoms with Crippen molar-refractivity contribution in [3.05, 3.63) is 205 Å². The first-order valence-electron chi connectivity index (χ1n) is 16.4. The summed E-state index contributed by atoms with van der Waals surface area (Å²) < 4.78 is 6.58. The van der Waals surface area contributed by atoms with Crippen LogP contribution in [0.15, 0.2) is 164 Å². The number of para-hydroxylation sites is 5. The number of nitrogens with zero attached hydrogens (tertiary/aromatic N) is 4. The Hall–Kier alpha value is -5.64. The van der Waals surface area contributed by atoms with Gasteiger partial charge in [0.05, 0.1) is 22.5 Å². The number of anilines is 6. The van der Waals surface area contributed by atoms with Crippen LogP contribution in [0.4, 0.5) is 34.1 Å². The predicted octanol–water partition coefficient (Wildman–Crippen LogP) is 10.3. The van der Waals surface area contributed by atoms with Crippen LogP contribution in [0.2, 0.25) is 0 Å². The average molecular weight is 827 g/mol. The molecule has 2 aliphatic rings. The molecule has 0 unspecified atom stereocenters. The molecule has 0 aliphatic carbocycles. The average Bonchev–Trinajstić information content (AvgIpc) is 3.51. The molecule has 50 heavy (non-hydrogen) atoms. The van der Waals surface area contributed by atoms with Crippen LogP contribution in [0.1, 0.15) is 22.4 Å². The molecule has 2 aliphatic heterocycles. The maximum Gasteiger partial charge on any atom is 0.0692 e. The number of benzene rings is 6. The second-order valence-corrected chi connectivity index (χ2v) is 12.2. The number of rotatable bonds is 6. The Bertz CT molecular complexity index is 2250. The largest absolute Gasteiger partial charge is 0.509 e. The van der Waals surface area contributed by atoms with Gasteiger partial charge in [0.25, 0.3) is 0 Å². The summed E-state index contributed by atoms with van der Waals surface area (Å²) in [5.41, 5.74) is 9.72. The van der Waals surface area contributed by atoms with Crippen LogP contribution < -0.4 is 19.4 Å². The fourth-order valence-electron chi connectivity index (χ4n) is 7.33. The molecule has 6 aromatic carbocycles. The summed E-state index contributed by atoms with van der Waals surface area (Å²) in [6.07, 6.45) is 1.87. The first-order valence-corrected chi connectivity index (χ1v) is 16.4. The van der Waals surface area contributed by atoms with Gasteiger partial charge < -0.3 is 19.4 Å². The van der Waals surface area contributed by atoms with E-state index in [1.165, 1.54) is 0 Å². The SMILES string of the molecule is CN1[CH-]N(c2[c-]c(Oc3[c-]c(C4(c5ccccn5)c5ccccc5N(c5ccccc5)c5ccccc54)ccc3)ccc2)c2ccccc21.[Pt]. The standard InChI is InChI=1S/C44H31N4O.Pt/c1-46-31-47(42-26-10-9-25-41(42)46)34-18-14-20-36(30-34)49-35-19-13-15-32(29-35)44(43-27-11-12-28-45-43)37-21-5-7-23-39(37)48(33-16-3-2-4-17-33)40-24-8-6-22-38(40)44;/h2-28,31H,1H3;/q-3;. The van der Waals surface area contributed by atoms with Gasteiger partial charge in [-0.05, 0) is 66.7 Å². The minimum atomic E-state index is -0.774. The predicted molar refractivity (Wildman–Crippen MR) is 196 cm³/mol. The third-order valence-electron chi connectivity index (χ3n) is 9.38. The fraction of sp³-hybridized carbons (Fsp3) is 0.0455. The Balaban J connectivity index is 0.00000361. The second-order valence-electron chi connectivity index (χ2n) is 12.2. The molecule has 9 rings (SSSR count). The number of hydrogen-bond acceptors (Lipinski definition) is 5. The van der Waals surface area contributed by atoms with Gasteiger partial charge in [0, 0.05) is 55.8 Å². The second kappa shape index (κ2) is 13.0. The Morgan fingerprint density at radius 1 is 0.580 bits per heavy atom. The molecule has 0 atom stereocenters. The van der Waals surface area contributed by atoms with E-state index in [-0.39, 0.29) is 21.1 Å². The van der Waals surface area contributed by atoms with Gasteiger partial charge in [-0.25, -0.2) is 0 Å². The Morgan fingerprint density at radius 3 is 1.88 bits per heavy atom. The van der Waals surface area contributed by atoms with Gasteiger partial charge in [-0.3, -0.25) is 4.98 Å². The molecule has 7 aromatic rings.